The van der Waals surface area contributed by atoms with Gasteiger partial charge >= 0.3 is 0 Å². The van der Waals surface area contributed by atoms with Gasteiger partial charge in [-0.15, -0.1) is 0 Å². The molecule has 4 rings (SSSR count). The van der Waals surface area contributed by atoms with Crippen LogP contribution in [0.2, 0.25) is 0 Å². The number of furan rings is 1. The van der Waals surface area contributed by atoms with Crippen molar-refractivity contribution in [2.45, 2.75) is 6.61 Å². The molecule has 25 heavy (non-hydrogen) atoms. The fraction of sp³-hybridized carbons (Fsp3) is 0.158. The van der Waals surface area contributed by atoms with Gasteiger partial charge in [-0.3, -0.25) is 15.1 Å². The number of benzene rings is 2. The van der Waals surface area contributed by atoms with Gasteiger partial charge < -0.3 is 9.15 Å². The van der Waals surface area contributed by atoms with E-state index in [1.807, 2.05) is 54.6 Å². The third-order valence-electron chi connectivity index (χ3n) is 3.84. The SMILES string of the molecule is O=C(NC1=NCCS1)c1oc2ccccc2c1COc1ccccc1. The number of hydrogen-bond donors (Lipinski definition) is 1. The standard InChI is InChI=1S/C19H16N2O3S/c22-18(21-19-20-10-11-25-19)17-15(12-23-13-6-2-1-3-7-13)14-8-4-5-9-16(14)24-17/h1-9H,10-12H2,(H,20,21,22). The average molecular weight is 352 g/mol. The predicted molar refractivity (Wildman–Crippen MR) is 99.2 cm³/mol. The molecule has 1 amide bonds. The van der Waals surface area contributed by atoms with Gasteiger partial charge in [0.15, 0.2) is 10.9 Å². The molecule has 3 aromatic rings. The van der Waals surface area contributed by atoms with Crippen LogP contribution in [0.5, 0.6) is 5.75 Å². The molecular formula is C19H16N2O3S. The zero-order valence-electron chi connectivity index (χ0n) is 13.4. The second-order valence-electron chi connectivity index (χ2n) is 5.50. The zero-order chi connectivity index (χ0) is 17.1. The Morgan fingerprint density at radius 3 is 2.76 bits per heavy atom. The molecule has 126 valence electrons. The number of amidine groups is 1. The molecule has 0 atom stereocenters. The summed E-state index contributed by atoms with van der Waals surface area (Å²) in [7, 11) is 0. The number of carbonyl (C=O) groups excluding carboxylic acids is 1. The van der Waals surface area contributed by atoms with Gasteiger partial charge in [0, 0.05) is 16.7 Å². The average Bonchev–Trinajstić information content (AvgIpc) is 3.28. The molecule has 1 aliphatic rings. The van der Waals surface area contributed by atoms with Gasteiger partial charge in [-0.1, -0.05) is 48.2 Å². The first-order valence-corrected chi connectivity index (χ1v) is 8.96. The molecule has 0 aliphatic carbocycles. The number of carbonyl (C=O) groups is 1. The van der Waals surface area contributed by atoms with Crippen LogP contribution in [0.4, 0.5) is 0 Å². The molecular weight excluding hydrogens is 336 g/mol. The molecule has 0 radical (unpaired) electrons. The minimum atomic E-state index is -0.295. The van der Waals surface area contributed by atoms with Gasteiger partial charge in [-0.05, 0) is 18.2 Å². The van der Waals surface area contributed by atoms with Crippen LogP contribution in [0.15, 0.2) is 64.0 Å². The van der Waals surface area contributed by atoms with E-state index in [1.54, 1.807) is 0 Å². The summed E-state index contributed by atoms with van der Waals surface area (Å²) < 4.78 is 11.6. The van der Waals surface area contributed by atoms with Crippen LogP contribution >= 0.6 is 11.8 Å². The Morgan fingerprint density at radius 2 is 1.96 bits per heavy atom. The smallest absolute Gasteiger partial charge is 0.293 e. The van der Waals surface area contributed by atoms with Crippen molar-refractivity contribution in [1.29, 1.82) is 0 Å². The highest BCUT2D eigenvalue weighted by atomic mass is 32.2. The first kappa shape index (κ1) is 15.8. The van der Waals surface area contributed by atoms with Crippen LogP contribution in [0, 0.1) is 0 Å². The van der Waals surface area contributed by atoms with Crippen molar-refractivity contribution in [3.63, 3.8) is 0 Å². The lowest BCUT2D eigenvalue weighted by atomic mass is 10.1. The van der Waals surface area contributed by atoms with E-state index in [9.17, 15) is 4.79 Å². The lowest BCUT2D eigenvalue weighted by molar-refractivity contribution is 0.0949. The molecule has 0 saturated carbocycles. The molecule has 5 nitrogen and oxygen atoms in total. The van der Waals surface area contributed by atoms with Crippen molar-refractivity contribution in [3.05, 3.63) is 65.9 Å². The number of hydrogen-bond acceptors (Lipinski definition) is 5. The highest BCUT2D eigenvalue weighted by Gasteiger charge is 2.23. The van der Waals surface area contributed by atoms with Crippen molar-refractivity contribution < 1.29 is 13.9 Å². The Balaban J connectivity index is 1.64. The van der Waals surface area contributed by atoms with Gasteiger partial charge in [0.05, 0.1) is 6.54 Å². The fourth-order valence-corrected chi connectivity index (χ4v) is 3.39. The number of nitrogens with zero attached hydrogens (tertiary/aromatic N) is 1. The minimum Gasteiger partial charge on any atom is -0.489 e. The van der Waals surface area contributed by atoms with Crippen LogP contribution in [-0.4, -0.2) is 23.4 Å². The third-order valence-corrected chi connectivity index (χ3v) is 4.73. The number of rotatable bonds is 4. The van der Waals surface area contributed by atoms with Crippen LogP contribution in [-0.2, 0) is 6.61 Å². The van der Waals surface area contributed by atoms with Crippen molar-refractivity contribution in [3.8, 4) is 5.75 Å². The number of fused-ring (bicyclic) bond motifs is 1. The van der Waals surface area contributed by atoms with Crippen LogP contribution in [0.25, 0.3) is 11.0 Å². The van der Waals surface area contributed by atoms with Crippen molar-refractivity contribution in [1.82, 2.24) is 5.32 Å². The largest absolute Gasteiger partial charge is 0.489 e. The first-order chi connectivity index (χ1) is 12.3. The maximum Gasteiger partial charge on any atom is 0.293 e. The summed E-state index contributed by atoms with van der Waals surface area (Å²) in [5, 5.41) is 4.34. The number of thioether (sulfide) groups is 1. The Morgan fingerprint density at radius 1 is 1.16 bits per heavy atom. The van der Waals surface area contributed by atoms with Crippen LogP contribution in [0.1, 0.15) is 16.1 Å². The predicted octanol–water partition coefficient (Wildman–Crippen LogP) is 3.84. The maximum absolute atomic E-state index is 12.6. The van der Waals surface area contributed by atoms with E-state index in [1.165, 1.54) is 11.8 Å². The summed E-state index contributed by atoms with van der Waals surface area (Å²) in [4.78, 5) is 16.9. The number of nitrogens with one attached hydrogen (secondary N) is 1. The molecule has 2 heterocycles. The van der Waals surface area contributed by atoms with Gasteiger partial charge in [-0.2, -0.15) is 0 Å². The fourth-order valence-electron chi connectivity index (χ4n) is 2.66. The van der Waals surface area contributed by atoms with Crippen LogP contribution in [0.3, 0.4) is 0 Å². The maximum atomic E-state index is 12.6. The summed E-state index contributed by atoms with van der Waals surface area (Å²) in [6, 6.07) is 17.1. The van der Waals surface area contributed by atoms with Gasteiger partial charge in [0.2, 0.25) is 0 Å². The first-order valence-electron chi connectivity index (χ1n) is 7.98. The third kappa shape index (κ3) is 3.39. The zero-order valence-corrected chi connectivity index (χ0v) is 14.2. The van der Waals surface area contributed by atoms with Crippen molar-refractivity contribution in [2.75, 3.05) is 12.3 Å². The lowest BCUT2D eigenvalue weighted by Crippen LogP contribution is -2.27. The second kappa shape index (κ2) is 7.03. The molecule has 1 aromatic heterocycles. The number of amides is 1. The molecule has 0 saturated heterocycles. The topological polar surface area (TPSA) is 63.8 Å². The number of aliphatic imine (C=N–C) groups is 1. The van der Waals surface area contributed by atoms with Crippen LogP contribution < -0.4 is 10.1 Å². The molecule has 1 aliphatic heterocycles. The summed E-state index contributed by atoms with van der Waals surface area (Å²) in [5.41, 5.74) is 1.40. The molecule has 6 heteroatoms. The molecule has 0 bridgehead atoms. The van der Waals surface area contributed by atoms with Crippen molar-refractivity contribution in [2.24, 2.45) is 4.99 Å². The summed E-state index contributed by atoms with van der Waals surface area (Å²) >= 11 is 1.53. The summed E-state index contributed by atoms with van der Waals surface area (Å²) in [5.74, 6) is 1.61. The molecule has 0 unspecified atom stereocenters. The highest BCUT2D eigenvalue weighted by Crippen LogP contribution is 2.27. The quantitative estimate of drug-likeness (QED) is 0.775. The lowest BCUT2D eigenvalue weighted by Gasteiger charge is -2.07. The van der Waals surface area contributed by atoms with Gasteiger partial charge in [0.25, 0.3) is 5.91 Å². The van der Waals surface area contributed by atoms with E-state index in [2.05, 4.69) is 10.3 Å². The molecule has 1 N–H and O–H groups in total. The van der Waals surface area contributed by atoms with E-state index < -0.39 is 0 Å². The monoisotopic (exact) mass is 352 g/mol. The minimum absolute atomic E-state index is 0.253. The molecule has 2 aromatic carbocycles. The Labute approximate surface area is 149 Å². The van der Waals surface area contributed by atoms with Gasteiger partial charge in [0.1, 0.15) is 17.9 Å². The van der Waals surface area contributed by atoms with E-state index in [-0.39, 0.29) is 18.3 Å². The van der Waals surface area contributed by atoms with E-state index in [0.29, 0.717) is 10.8 Å². The summed E-state index contributed by atoms with van der Waals surface area (Å²) in [6.07, 6.45) is 0. The van der Waals surface area contributed by atoms with E-state index >= 15 is 0 Å². The van der Waals surface area contributed by atoms with E-state index in [0.717, 1.165) is 29.0 Å². The Kier molecular flexibility index (Phi) is 4.43. The Hall–Kier alpha value is -2.73. The van der Waals surface area contributed by atoms with E-state index in [4.69, 9.17) is 9.15 Å². The number of para-hydroxylation sites is 2. The van der Waals surface area contributed by atoms with Crippen molar-refractivity contribution >= 4 is 33.8 Å². The molecule has 0 fully saturated rings. The summed E-state index contributed by atoms with van der Waals surface area (Å²) in [6.45, 7) is 0.980. The number of ether oxygens (including phenoxy) is 1. The normalized spacial score (nSPS) is 13.7. The second-order valence-corrected chi connectivity index (χ2v) is 6.58. The van der Waals surface area contributed by atoms with Gasteiger partial charge in [-0.25, -0.2) is 0 Å². The molecule has 0 spiro atoms. The Bertz CT molecular complexity index is 934. The highest BCUT2D eigenvalue weighted by molar-refractivity contribution is 8.14.